The summed E-state index contributed by atoms with van der Waals surface area (Å²) in [4.78, 5) is 35.9. The maximum atomic E-state index is 14.9. The SMILES string of the molecule is CC.C\C=C/C=C(\C=C/C)CCC(F)(F)N1C(=O)CC(=O)N(C(F)(F)CCc2ccccc2)C1=O. The lowest BCUT2D eigenvalue weighted by molar-refractivity contribution is -0.192. The Morgan fingerprint density at radius 1 is 0.886 bits per heavy atom. The lowest BCUT2D eigenvalue weighted by Gasteiger charge is -2.39. The fourth-order valence-corrected chi connectivity index (χ4v) is 3.36. The highest BCUT2D eigenvalue weighted by atomic mass is 19.3. The number of hydrogen-bond acceptors (Lipinski definition) is 3. The van der Waals surface area contributed by atoms with Crippen molar-refractivity contribution in [1.29, 1.82) is 0 Å². The molecular weight excluding hydrogens is 464 g/mol. The summed E-state index contributed by atoms with van der Waals surface area (Å²) in [6.07, 6.45) is 4.55. The van der Waals surface area contributed by atoms with Gasteiger partial charge < -0.3 is 0 Å². The molecule has 4 amide bonds. The molecule has 0 aliphatic carbocycles. The van der Waals surface area contributed by atoms with Gasteiger partial charge in [0.2, 0.25) is 11.8 Å². The van der Waals surface area contributed by atoms with E-state index >= 15 is 0 Å². The van der Waals surface area contributed by atoms with Crippen LogP contribution in [0.5, 0.6) is 0 Å². The van der Waals surface area contributed by atoms with Crippen LogP contribution in [0.25, 0.3) is 0 Å². The number of amides is 4. The molecule has 9 heteroatoms. The zero-order valence-corrected chi connectivity index (χ0v) is 20.4. The third kappa shape index (κ3) is 8.19. The van der Waals surface area contributed by atoms with E-state index in [4.69, 9.17) is 0 Å². The molecule has 1 fully saturated rings. The van der Waals surface area contributed by atoms with E-state index in [1.54, 1.807) is 74.6 Å². The second-order valence-electron chi connectivity index (χ2n) is 7.50. The molecule has 1 aliphatic heterocycles. The van der Waals surface area contributed by atoms with Gasteiger partial charge in [-0.3, -0.25) is 9.59 Å². The third-order valence-electron chi connectivity index (χ3n) is 4.99. The number of hydrogen-bond donors (Lipinski definition) is 0. The predicted octanol–water partition coefficient (Wildman–Crippen LogP) is 6.87. The summed E-state index contributed by atoms with van der Waals surface area (Å²) in [5.41, 5.74) is 1.02. The van der Waals surface area contributed by atoms with Crippen molar-refractivity contribution in [1.82, 2.24) is 9.80 Å². The van der Waals surface area contributed by atoms with Crippen molar-refractivity contribution < 1.29 is 31.9 Å². The zero-order valence-electron chi connectivity index (χ0n) is 20.4. The molecule has 0 radical (unpaired) electrons. The Morgan fingerprint density at radius 2 is 1.43 bits per heavy atom. The highest BCUT2D eigenvalue weighted by molar-refractivity contribution is 6.14. The number of carbonyl (C=O) groups excluding carboxylic acids is 3. The van der Waals surface area contributed by atoms with Crippen molar-refractivity contribution in [2.75, 3.05) is 0 Å². The number of alkyl halides is 4. The number of halogens is 4. The molecule has 35 heavy (non-hydrogen) atoms. The van der Waals surface area contributed by atoms with Crippen molar-refractivity contribution in [2.45, 2.75) is 71.9 Å². The molecule has 0 aromatic heterocycles. The van der Waals surface area contributed by atoms with Crippen LogP contribution >= 0.6 is 0 Å². The standard InChI is InChI=1S/C24H26F4N2O3.C2H6/c1-3-5-10-18(9-4-2)13-15-23(25,26)29-20(31)17-21(32)30(22(29)33)24(27,28)16-14-19-11-7-6-8-12-19;1-2/h3-12H,13-17H2,1-2H3;1-2H3/b5-3-,9-4-,18-10+;. The first-order chi connectivity index (χ1) is 16.5. The first-order valence-corrected chi connectivity index (χ1v) is 11.5. The van der Waals surface area contributed by atoms with Crippen LogP contribution in [0.4, 0.5) is 22.4 Å². The maximum absolute atomic E-state index is 14.9. The van der Waals surface area contributed by atoms with E-state index < -0.39 is 59.0 Å². The molecule has 0 saturated carbocycles. The molecule has 1 aromatic carbocycles. The van der Waals surface area contributed by atoms with Crippen molar-refractivity contribution >= 4 is 17.8 Å². The molecule has 0 spiro atoms. The second-order valence-corrected chi connectivity index (χ2v) is 7.50. The summed E-state index contributed by atoms with van der Waals surface area (Å²) >= 11 is 0. The Balaban J connectivity index is 0.00000298. The lowest BCUT2D eigenvalue weighted by Crippen LogP contribution is -2.65. The quantitative estimate of drug-likeness (QED) is 0.154. The van der Waals surface area contributed by atoms with Crippen LogP contribution in [-0.4, -0.2) is 39.7 Å². The second kappa shape index (κ2) is 13.6. The van der Waals surface area contributed by atoms with E-state index in [-0.39, 0.29) is 12.8 Å². The summed E-state index contributed by atoms with van der Waals surface area (Å²) in [5.74, 6) is -3.01. The summed E-state index contributed by atoms with van der Waals surface area (Å²) in [6.45, 7) is 7.44. The number of benzene rings is 1. The Morgan fingerprint density at radius 3 is 1.94 bits per heavy atom. The molecule has 0 unspecified atom stereocenters. The monoisotopic (exact) mass is 496 g/mol. The summed E-state index contributed by atoms with van der Waals surface area (Å²) in [5, 5.41) is 0. The van der Waals surface area contributed by atoms with Gasteiger partial charge in [-0.25, -0.2) is 14.6 Å². The molecule has 0 N–H and O–H groups in total. The fourth-order valence-electron chi connectivity index (χ4n) is 3.36. The molecule has 0 atom stereocenters. The molecule has 192 valence electrons. The third-order valence-corrected chi connectivity index (χ3v) is 4.99. The molecule has 2 rings (SSSR count). The van der Waals surface area contributed by atoms with Gasteiger partial charge in [-0.1, -0.05) is 74.6 Å². The van der Waals surface area contributed by atoms with E-state index in [1.165, 1.54) is 0 Å². The van der Waals surface area contributed by atoms with Gasteiger partial charge in [-0.05, 0) is 37.8 Å². The molecule has 0 bridgehead atoms. The van der Waals surface area contributed by atoms with E-state index in [0.717, 1.165) is 0 Å². The number of barbiturate groups is 1. The van der Waals surface area contributed by atoms with E-state index in [2.05, 4.69) is 0 Å². The highest BCUT2D eigenvalue weighted by Crippen LogP contribution is 2.36. The molecule has 1 aliphatic rings. The normalized spacial score (nSPS) is 15.8. The minimum atomic E-state index is -4.06. The highest BCUT2D eigenvalue weighted by Gasteiger charge is 2.57. The minimum Gasteiger partial charge on any atom is -0.274 e. The minimum absolute atomic E-state index is 0.197. The van der Waals surface area contributed by atoms with Crippen LogP contribution in [0.1, 0.15) is 58.9 Å². The zero-order chi connectivity index (χ0) is 26.6. The summed E-state index contributed by atoms with van der Waals surface area (Å²) < 4.78 is 59.4. The molecule has 1 aromatic rings. The Hall–Kier alpha value is -3.23. The van der Waals surface area contributed by atoms with Crippen molar-refractivity contribution in [3.63, 3.8) is 0 Å². The van der Waals surface area contributed by atoms with Crippen molar-refractivity contribution in [2.24, 2.45) is 0 Å². The van der Waals surface area contributed by atoms with Gasteiger partial charge in [0, 0.05) is 12.8 Å². The van der Waals surface area contributed by atoms with Gasteiger partial charge in [0.1, 0.15) is 6.42 Å². The maximum Gasteiger partial charge on any atom is 0.342 e. The number of rotatable bonds is 10. The van der Waals surface area contributed by atoms with Crippen molar-refractivity contribution in [3.05, 3.63) is 71.8 Å². The van der Waals surface area contributed by atoms with Crippen LogP contribution in [0.3, 0.4) is 0 Å². The average Bonchev–Trinajstić information content (AvgIpc) is 2.81. The number of carbonyl (C=O) groups is 3. The van der Waals surface area contributed by atoms with Crippen LogP contribution < -0.4 is 0 Å². The number of aryl methyl sites for hydroxylation is 1. The molecule has 5 nitrogen and oxygen atoms in total. The first kappa shape index (κ1) is 29.8. The number of nitrogens with zero attached hydrogens (tertiary/aromatic N) is 2. The predicted molar refractivity (Wildman–Crippen MR) is 127 cm³/mol. The molecular formula is C26H32F4N2O3. The summed E-state index contributed by atoms with van der Waals surface area (Å²) in [7, 11) is 0. The van der Waals surface area contributed by atoms with E-state index in [1.807, 2.05) is 13.8 Å². The smallest absolute Gasteiger partial charge is 0.274 e. The largest absolute Gasteiger partial charge is 0.342 e. The van der Waals surface area contributed by atoms with Crippen LogP contribution in [0.2, 0.25) is 0 Å². The fraction of sp³-hybridized carbons (Fsp3) is 0.423. The van der Waals surface area contributed by atoms with Gasteiger partial charge in [0.05, 0.1) is 0 Å². The van der Waals surface area contributed by atoms with Gasteiger partial charge in [-0.15, -0.1) is 0 Å². The van der Waals surface area contributed by atoms with Gasteiger partial charge >= 0.3 is 18.1 Å². The van der Waals surface area contributed by atoms with E-state index in [9.17, 15) is 31.9 Å². The summed E-state index contributed by atoms with van der Waals surface area (Å²) in [6, 6.07) is -1.96. The number of imide groups is 2. The van der Waals surface area contributed by atoms with Gasteiger partial charge in [0.25, 0.3) is 0 Å². The Labute approximate surface area is 203 Å². The van der Waals surface area contributed by atoms with Crippen LogP contribution in [-0.2, 0) is 16.0 Å². The Kier molecular flexibility index (Phi) is 11.6. The van der Waals surface area contributed by atoms with Crippen LogP contribution in [0.15, 0.2) is 66.3 Å². The molecule has 1 heterocycles. The van der Waals surface area contributed by atoms with Gasteiger partial charge in [0.15, 0.2) is 0 Å². The number of allylic oxidation sites excluding steroid dienone is 6. The first-order valence-electron chi connectivity index (χ1n) is 11.5. The molecule has 1 saturated heterocycles. The average molecular weight is 497 g/mol. The van der Waals surface area contributed by atoms with E-state index in [0.29, 0.717) is 11.1 Å². The van der Waals surface area contributed by atoms with Gasteiger partial charge in [-0.2, -0.15) is 17.6 Å². The van der Waals surface area contributed by atoms with Crippen molar-refractivity contribution in [3.8, 4) is 0 Å². The van der Waals surface area contributed by atoms with Crippen LogP contribution in [0, 0.1) is 0 Å². The number of urea groups is 1. The topological polar surface area (TPSA) is 57.7 Å². The Bertz CT molecular complexity index is 957. The lowest BCUT2D eigenvalue weighted by atomic mass is 10.1.